The molecule has 0 saturated heterocycles. The molecule has 9 nitrogen and oxygen atoms in total. The molecule has 0 atom stereocenters. The second kappa shape index (κ2) is 12.1. The fourth-order valence-corrected chi connectivity index (χ4v) is 7.61. The number of benzene rings is 4. The first kappa shape index (κ1) is 29.8. The minimum absolute atomic E-state index is 0.426. The molecule has 0 amide bonds. The maximum absolute atomic E-state index is 6.26. The molecule has 7 aromatic rings. The van der Waals surface area contributed by atoms with Gasteiger partial charge < -0.3 is 27.9 Å². The first-order valence-electron chi connectivity index (χ1n) is 14.1. The Morgan fingerprint density at radius 3 is 1.00 bits per heavy atom. The third kappa shape index (κ3) is 5.08. The number of hydrogen-bond acceptors (Lipinski definition) is 6. The van der Waals surface area contributed by atoms with Gasteiger partial charge in [-0.3, -0.25) is 0 Å². The van der Waals surface area contributed by atoms with Crippen LogP contribution < -0.4 is 14.2 Å². The van der Waals surface area contributed by atoms with Crippen LogP contribution in [0.2, 0.25) is 0 Å². The average molecular weight is 795 g/mol. The summed E-state index contributed by atoms with van der Waals surface area (Å²) >= 11 is 11.1. The van der Waals surface area contributed by atoms with E-state index >= 15 is 0 Å². The lowest BCUT2D eigenvalue weighted by Gasteiger charge is -2.25. The van der Waals surface area contributed by atoms with Crippen molar-refractivity contribution in [3.8, 4) is 17.2 Å². The maximum atomic E-state index is 6.26. The van der Waals surface area contributed by atoms with Crippen LogP contribution in [0.4, 0.5) is 0 Å². The highest BCUT2D eigenvalue weighted by Crippen LogP contribution is 2.46. The second-order valence-corrected chi connectivity index (χ2v) is 12.5. The number of ether oxygens (including phenoxy) is 3. The van der Waals surface area contributed by atoms with Gasteiger partial charge in [0.15, 0.2) is 14.2 Å². The molecular weight excluding hydrogens is 768 g/mol. The molecular formula is C33H27Br3N6O3. The molecule has 45 heavy (non-hydrogen) atoms. The van der Waals surface area contributed by atoms with E-state index in [4.69, 9.17) is 29.2 Å². The van der Waals surface area contributed by atoms with E-state index in [1.807, 2.05) is 54.6 Å². The van der Waals surface area contributed by atoms with Gasteiger partial charge in [-0.1, -0.05) is 36.4 Å². The molecule has 0 aliphatic carbocycles. The number of methoxy groups -OCH3 is 3. The first-order valence-corrected chi connectivity index (χ1v) is 16.5. The Bertz CT molecular complexity index is 1950. The van der Waals surface area contributed by atoms with Crippen LogP contribution in [0.15, 0.2) is 87.0 Å². The minimum atomic E-state index is 0.426. The SMILES string of the molecule is COc1c(Cn2c(Br)nc3ccccc32)c(OC)c(Cn2c(Br)nc3ccccc32)c(OC)c1Cn1c(Br)nc2ccccc21. The summed E-state index contributed by atoms with van der Waals surface area (Å²) in [7, 11) is 5.05. The van der Waals surface area contributed by atoms with Crippen LogP contribution in [0.25, 0.3) is 33.1 Å². The van der Waals surface area contributed by atoms with Gasteiger partial charge in [0.25, 0.3) is 0 Å². The lowest BCUT2D eigenvalue weighted by molar-refractivity contribution is 0.352. The van der Waals surface area contributed by atoms with Crippen molar-refractivity contribution in [1.82, 2.24) is 28.7 Å². The zero-order valence-electron chi connectivity index (χ0n) is 24.6. The van der Waals surface area contributed by atoms with Gasteiger partial charge in [0.2, 0.25) is 0 Å². The van der Waals surface area contributed by atoms with Crippen LogP contribution in [0.1, 0.15) is 16.7 Å². The standard InChI is InChI=1S/C33H27Br3N6O3/c1-43-28-19(16-40-25-13-7-4-10-22(25)37-31(40)34)29(44-2)21(18-42-27-15-9-6-12-24(27)39-33(42)36)30(45-3)20(28)17-41-26-14-8-5-11-23(26)38-32(41)35/h4-15H,16-18H2,1-3H3. The van der Waals surface area contributed by atoms with Crippen LogP contribution >= 0.6 is 47.8 Å². The Labute approximate surface area is 284 Å². The van der Waals surface area contributed by atoms with Gasteiger partial charge >= 0.3 is 0 Å². The van der Waals surface area contributed by atoms with Gasteiger partial charge in [0.1, 0.15) is 17.2 Å². The molecule has 7 rings (SSSR count). The van der Waals surface area contributed by atoms with E-state index in [0.717, 1.165) is 49.8 Å². The van der Waals surface area contributed by atoms with Crippen LogP contribution in [0, 0.1) is 0 Å². The quantitative estimate of drug-likeness (QED) is 0.147. The summed E-state index contributed by atoms with van der Waals surface area (Å²) < 4.78 is 27.2. The van der Waals surface area contributed by atoms with Gasteiger partial charge in [-0.05, 0) is 84.2 Å². The summed E-state index contributed by atoms with van der Waals surface area (Å²) in [5.74, 6) is 1.99. The summed E-state index contributed by atoms with van der Waals surface area (Å²) in [5.41, 5.74) is 8.19. The molecule has 0 unspecified atom stereocenters. The topological polar surface area (TPSA) is 81.1 Å². The molecule has 12 heteroatoms. The van der Waals surface area contributed by atoms with Crippen molar-refractivity contribution in [3.63, 3.8) is 0 Å². The molecule has 4 aromatic carbocycles. The van der Waals surface area contributed by atoms with E-state index < -0.39 is 0 Å². The molecule has 0 aliphatic heterocycles. The fraction of sp³-hybridized carbons (Fsp3) is 0.182. The number of fused-ring (bicyclic) bond motifs is 3. The molecule has 0 aliphatic rings. The van der Waals surface area contributed by atoms with E-state index in [2.05, 4.69) is 79.7 Å². The van der Waals surface area contributed by atoms with Crippen LogP contribution in [0.5, 0.6) is 17.2 Å². The van der Waals surface area contributed by atoms with E-state index in [0.29, 0.717) is 51.1 Å². The number of nitrogens with zero attached hydrogens (tertiary/aromatic N) is 6. The van der Waals surface area contributed by atoms with Gasteiger partial charge in [0.05, 0.1) is 90.8 Å². The molecule has 0 bridgehead atoms. The summed E-state index contributed by atoms with van der Waals surface area (Å²) in [6.45, 7) is 1.28. The maximum Gasteiger partial charge on any atom is 0.178 e. The smallest absolute Gasteiger partial charge is 0.178 e. The summed E-state index contributed by atoms with van der Waals surface area (Å²) in [5, 5.41) is 0. The lowest BCUT2D eigenvalue weighted by atomic mass is 9.98. The van der Waals surface area contributed by atoms with Gasteiger partial charge in [0, 0.05) is 0 Å². The molecule has 3 heterocycles. The van der Waals surface area contributed by atoms with Crippen LogP contribution in [-0.2, 0) is 19.6 Å². The highest BCUT2D eigenvalue weighted by Gasteiger charge is 2.29. The monoisotopic (exact) mass is 792 g/mol. The van der Waals surface area contributed by atoms with Gasteiger partial charge in [-0.25, -0.2) is 15.0 Å². The normalized spacial score (nSPS) is 11.6. The minimum Gasteiger partial charge on any atom is -0.496 e. The van der Waals surface area contributed by atoms with Crippen molar-refractivity contribution in [1.29, 1.82) is 0 Å². The van der Waals surface area contributed by atoms with E-state index in [-0.39, 0.29) is 0 Å². The zero-order chi connectivity index (χ0) is 31.2. The third-order valence-electron chi connectivity index (χ3n) is 8.03. The van der Waals surface area contributed by atoms with Crippen molar-refractivity contribution >= 4 is 80.9 Å². The Balaban J connectivity index is 1.50. The second-order valence-electron chi connectivity index (χ2n) is 10.4. The Kier molecular flexibility index (Phi) is 8.05. The molecule has 228 valence electrons. The Morgan fingerprint density at radius 2 is 0.733 bits per heavy atom. The number of rotatable bonds is 9. The number of para-hydroxylation sites is 6. The number of aromatic nitrogens is 6. The van der Waals surface area contributed by atoms with E-state index in [9.17, 15) is 0 Å². The van der Waals surface area contributed by atoms with Gasteiger partial charge in [-0.15, -0.1) is 0 Å². The fourth-order valence-electron chi connectivity index (χ4n) is 6.09. The molecule has 0 radical (unpaired) electrons. The van der Waals surface area contributed by atoms with Crippen molar-refractivity contribution in [3.05, 3.63) is 104 Å². The molecule has 3 aromatic heterocycles. The Hall–Kier alpha value is -3.87. The summed E-state index contributed by atoms with van der Waals surface area (Å²) in [6, 6.07) is 24.1. The highest BCUT2D eigenvalue weighted by molar-refractivity contribution is 9.10. The van der Waals surface area contributed by atoms with Crippen molar-refractivity contribution < 1.29 is 14.2 Å². The highest BCUT2D eigenvalue weighted by atomic mass is 79.9. The molecule has 0 N–H and O–H groups in total. The first-order chi connectivity index (χ1) is 21.9. The third-order valence-corrected chi connectivity index (χ3v) is 9.85. The summed E-state index contributed by atoms with van der Waals surface area (Å²) in [6.07, 6.45) is 0. The van der Waals surface area contributed by atoms with Gasteiger partial charge in [-0.2, -0.15) is 0 Å². The predicted molar refractivity (Wildman–Crippen MR) is 186 cm³/mol. The largest absolute Gasteiger partial charge is 0.496 e. The number of imidazole rings is 3. The predicted octanol–water partition coefficient (Wildman–Crippen LogP) is 8.19. The van der Waals surface area contributed by atoms with Crippen molar-refractivity contribution in [2.24, 2.45) is 0 Å². The van der Waals surface area contributed by atoms with Crippen molar-refractivity contribution in [2.45, 2.75) is 19.6 Å². The number of halogens is 3. The van der Waals surface area contributed by atoms with Crippen LogP contribution in [0.3, 0.4) is 0 Å². The number of hydrogen-bond donors (Lipinski definition) is 0. The summed E-state index contributed by atoms with van der Waals surface area (Å²) in [4.78, 5) is 14.2. The van der Waals surface area contributed by atoms with E-state index in [1.165, 1.54) is 0 Å². The molecule has 0 saturated carbocycles. The Morgan fingerprint density at radius 1 is 0.467 bits per heavy atom. The molecule has 0 spiro atoms. The van der Waals surface area contributed by atoms with E-state index in [1.54, 1.807) is 21.3 Å². The lowest BCUT2D eigenvalue weighted by Crippen LogP contribution is -2.14. The average Bonchev–Trinajstić information content (AvgIpc) is 3.66. The van der Waals surface area contributed by atoms with Crippen LogP contribution in [-0.4, -0.2) is 50.0 Å². The zero-order valence-corrected chi connectivity index (χ0v) is 29.3. The van der Waals surface area contributed by atoms with Crippen molar-refractivity contribution in [2.75, 3.05) is 21.3 Å². The molecule has 0 fully saturated rings.